The van der Waals surface area contributed by atoms with Gasteiger partial charge in [-0.3, -0.25) is 4.79 Å². The summed E-state index contributed by atoms with van der Waals surface area (Å²) in [5.74, 6) is -1.11. The average Bonchev–Trinajstić information content (AvgIpc) is 2.38. The van der Waals surface area contributed by atoms with Crippen LogP contribution in [-0.2, 0) is 9.59 Å². The largest absolute Gasteiger partial charge is 0.480 e. The van der Waals surface area contributed by atoms with Crippen molar-refractivity contribution < 1.29 is 19.5 Å². The molecule has 1 unspecified atom stereocenters. The molecule has 3 amide bonds. The van der Waals surface area contributed by atoms with E-state index in [9.17, 15) is 14.4 Å². The van der Waals surface area contributed by atoms with Crippen LogP contribution in [0.3, 0.4) is 0 Å². The molecule has 7 heteroatoms. The fourth-order valence-corrected chi connectivity index (χ4v) is 2.12. The molecule has 0 aliphatic carbocycles. The van der Waals surface area contributed by atoms with E-state index in [1.165, 1.54) is 13.8 Å². The van der Waals surface area contributed by atoms with Gasteiger partial charge in [-0.05, 0) is 26.2 Å². The van der Waals surface area contributed by atoms with Gasteiger partial charge in [-0.25, -0.2) is 9.59 Å². The zero-order valence-corrected chi connectivity index (χ0v) is 12.2. The molecule has 1 saturated heterocycles. The first-order valence-electron chi connectivity index (χ1n) is 6.86. The molecule has 1 heterocycles. The third kappa shape index (κ3) is 4.11. The van der Waals surface area contributed by atoms with Crippen LogP contribution in [-0.4, -0.2) is 52.6 Å². The highest BCUT2D eigenvalue weighted by Gasteiger charge is 2.35. The number of hydrogen-bond donors (Lipinski definition) is 3. The van der Waals surface area contributed by atoms with Crippen molar-refractivity contribution in [2.45, 2.75) is 51.6 Å². The van der Waals surface area contributed by atoms with Crippen molar-refractivity contribution in [1.29, 1.82) is 0 Å². The Kier molecular flexibility index (Phi) is 5.35. The molecule has 1 rings (SSSR count). The van der Waals surface area contributed by atoms with E-state index < -0.39 is 11.5 Å². The summed E-state index contributed by atoms with van der Waals surface area (Å²) >= 11 is 0. The smallest absolute Gasteiger partial charge is 0.329 e. The summed E-state index contributed by atoms with van der Waals surface area (Å²) in [4.78, 5) is 35.8. The number of piperidine rings is 1. The first kappa shape index (κ1) is 16.3. The van der Waals surface area contributed by atoms with Crippen molar-refractivity contribution in [2.75, 3.05) is 13.1 Å². The minimum atomic E-state index is -1.24. The lowest BCUT2D eigenvalue weighted by molar-refractivity contribution is -0.143. The first-order valence-corrected chi connectivity index (χ1v) is 6.86. The lowest BCUT2D eigenvalue weighted by atomic mass is 9.99. The van der Waals surface area contributed by atoms with E-state index in [2.05, 4.69) is 10.6 Å². The Morgan fingerprint density at radius 2 is 1.85 bits per heavy atom. The minimum Gasteiger partial charge on any atom is -0.480 e. The number of hydrogen-bond acceptors (Lipinski definition) is 3. The van der Waals surface area contributed by atoms with Crippen molar-refractivity contribution in [3.05, 3.63) is 0 Å². The summed E-state index contributed by atoms with van der Waals surface area (Å²) in [5, 5.41) is 14.5. The maximum atomic E-state index is 12.1. The van der Waals surface area contributed by atoms with Crippen LogP contribution in [0.1, 0.15) is 40.0 Å². The van der Waals surface area contributed by atoms with Gasteiger partial charge in [0.1, 0.15) is 5.54 Å². The van der Waals surface area contributed by atoms with Crippen LogP contribution in [0.2, 0.25) is 0 Å². The number of nitrogens with one attached hydrogen (secondary N) is 2. The number of carboxylic acids is 1. The van der Waals surface area contributed by atoms with Crippen LogP contribution in [0.25, 0.3) is 0 Å². The number of carbonyl (C=O) groups excluding carboxylic acids is 2. The van der Waals surface area contributed by atoms with Crippen LogP contribution in [0.5, 0.6) is 0 Å². The molecule has 1 fully saturated rings. The van der Waals surface area contributed by atoms with Gasteiger partial charge in [0.15, 0.2) is 0 Å². The molecule has 0 bridgehead atoms. The van der Waals surface area contributed by atoms with E-state index in [-0.39, 0.29) is 18.0 Å². The quantitative estimate of drug-likeness (QED) is 0.702. The Hall–Kier alpha value is -1.79. The summed E-state index contributed by atoms with van der Waals surface area (Å²) < 4.78 is 0. The zero-order valence-electron chi connectivity index (χ0n) is 12.2. The molecule has 0 aromatic carbocycles. The molecule has 20 heavy (non-hydrogen) atoms. The van der Waals surface area contributed by atoms with Crippen LogP contribution in [0.15, 0.2) is 0 Å². The van der Waals surface area contributed by atoms with Gasteiger partial charge < -0.3 is 20.6 Å². The Morgan fingerprint density at radius 1 is 1.30 bits per heavy atom. The standard InChI is InChI=1S/C13H23N3O4/c1-4-13(3,11(18)19)15-12(20)16-7-5-10(6-8-16)14-9(2)17/h10H,4-8H2,1-3H3,(H,14,17)(H,15,20)(H,18,19). The van der Waals surface area contributed by atoms with Crippen LogP contribution < -0.4 is 10.6 Å². The molecule has 1 aliphatic heterocycles. The fourth-order valence-electron chi connectivity index (χ4n) is 2.12. The highest BCUT2D eigenvalue weighted by Crippen LogP contribution is 2.14. The normalized spacial score (nSPS) is 19.1. The second-order valence-electron chi connectivity index (χ2n) is 5.38. The van der Waals surface area contributed by atoms with Gasteiger partial charge in [0.05, 0.1) is 0 Å². The van der Waals surface area contributed by atoms with Crippen molar-refractivity contribution in [2.24, 2.45) is 0 Å². The summed E-state index contributed by atoms with van der Waals surface area (Å²) in [7, 11) is 0. The Balaban J connectivity index is 2.51. The van der Waals surface area contributed by atoms with E-state index in [1.807, 2.05) is 0 Å². The topological polar surface area (TPSA) is 98.7 Å². The van der Waals surface area contributed by atoms with E-state index in [0.717, 1.165) is 0 Å². The van der Waals surface area contributed by atoms with E-state index in [0.29, 0.717) is 32.4 Å². The van der Waals surface area contributed by atoms with Gasteiger partial charge in [-0.15, -0.1) is 0 Å². The van der Waals surface area contributed by atoms with Crippen molar-refractivity contribution >= 4 is 17.9 Å². The number of nitrogens with zero attached hydrogens (tertiary/aromatic N) is 1. The third-order valence-corrected chi connectivity index (χ3v) is 3.75. The minimum absolute atomic E-state index is 0.0719. The fraction of sp³-hybridized carbons (Fsp3) is 0.769. The van der Waals surface area contributed by atoms with Gasteiger partial charge >= 0.3 is 12.0 Å². The highest BCUT2D eigenvalue weighted by atomic mass is 16.4. The Bertz CT molecular complexity index is 391. The Labute approximate surface area is 118 Å². The number of carbonyl (C=O) groups is 3. The molecular weight excluding hydrogens is 262 g/mol. The molecule has 1 atom stereocenters. The van der Waals surface area contributed by atoms with E-state index >= 15 is 0 Å². The summed E-state index contributed by atoms with van der Waals surface area (Å²) in [6.07, 6.45) is 1.68. The SMILES string of the molecule is CCC(C)(NC(=O)N1CCC(NC(C)=O)CC1)C(=O)O. The molecule has 7 nitrogen and oxygen atoms in total. The Morgan fingerprint density at radius 3 is 2.25 bits per heavy atom. The molecular formula is C13H23N3O4. The van der Waals surface area contributed by atoms with Crippen molar-refractivity contribution in [3.63, 3.8) is 0 Å². The maximum Gasteiger partial charge on any atom is 0.329 e. The van der Waals surface area contributed by atoms with Gasteiger partial charge in [-0.1, -0.05) is 6.92 Å². The average molecular weight is 285 g/mol. The van der Waals surface area contributed by atoms with Gasteiger partial charge in [-0.2, -0.15) is 0 Å². The van der Waals surface area contributed by atoms with Crippen LogP contribution >= 0.6 is 0 Å². The highest BCUT2D eigenvalue weighted by molar-refractivity contribution is 5.85. The number of aliphatic carboxylic acids is 1. The van der Waals surface area contributed by atoms with Gasteiger partial charge in [0.25, 0.3) is 0 Å². The number of carboxylic acid groups (broad SMARTS) is 1. The van der Waals surface area contributed by atoms with Crippen molar-refractivity contribution in [3.8, 4) is 0 Å². The zero-order chi connectivity index (χ0) is 15.3. The molecule has 0 aromatic heterocycles. The first-order chi connectivity index (χ1) is 9.28. The number of likely N-dealkylation sites (tertiary alicyclic amines) is 1. The molecule has 1 aliphatic rings. The monoisotopic (exact) mass is 285 g/mol. The van der Waals surface area contributed by atoms with E-state index in [4.69, 9.17) is 5.11 Å². The number of urea groups is 1. The number of rotatable bonds is 4. The lowest BCUT2D eigenvalue weighted by Gasteiger charge is -2.35. The summed E-state index contributed by atoms with van der Waals surface area (Å²) in [5.41, 5.74) is -1.24. The summed E-state index contributed by atoms with van der Waals surface area (Å²) in [6, 6.07) is -0.272. The second-order valence-corrected chi connectivity index (χ2v) is 5.38. The number of amides is 3. The predicted molar refractivity (Wildman–Crippen MR) is 73.3 cm³/mol. The van der Waals surface area contributed by atoms with Crippen molar-refractivity contribution in [1.82, 2.24) is 15.5 Å². The van der Waals surface area contributed by atoms with Crippen LogP contribution in [0, 0.1) is 0 Å². The lowest BCUT2D eigenvalue weighted by Crippen LogP contribution is -2.57. The second kappa shape index (κ2) is 6.58. The predicted octanol–water partition coefficient (Wildman–Crippen LogP) is 0.550. The van der Waals surface area contributed by atoms with E-state index in [1.54, 1.807) is 11.8 Å². The molecule has 0 spiro atoms. The van der Waals surface area contributed by atoms with Crippen LogP contribution in [0.4, 0.5) is 4.79 Å². The molecule has 0 radical (unpaired) electrons. The molecule has 114 valence electrons. The molecule has 0 saturated carbocycles. The maximum absolute atomic E-state index is 12.1. The molecule has 0 aromatic rings. The summed E-state index contributed by atoms with van der Waals surface area (Å²) in [6.45, 7) is 5.71. The van der Waals surface area contributed by atoms with Gasteiger partial charge in [0.2, 0.25) is 5.91 Å². The third-order valence-electron chi connectivity index (χ3n) is 3.75. The molecule has 3 N–H and O–H groups in total. The van der Waals surface area contributed by atoms with Gasteiger partial charge in [0, 0.05) is 26.1 Å².